The Kier molecular flexibility index (Phi) is 3.52. The number of benzene rings is 1. The molecule has 0 aliphatic heterocycles. The number of hydrogen-bond acceptors (Lipinski definition) is 4. The van der Waals surface area contributed by atoms with Crippen molar-refractivity contribution in [2.45, 2.75) is 19.8 Å². The number of hydrogen-bond donors (Lipinski definition) is 3. The topological polar surface area (TPSA) is 91.2 Å². The zero-order chi connectivity index (χ0) is 14.0. The molecule has 6 nitrogen and oxygen atoms in total. The van der Waals surface area contributed by atoms with Gasteiger partial charge >= 0.3 is 0 Å². The van der Waals surface area contributed by atoms with Crippen LogP contribution in [0.15, 0.2) is 36.7 Å². The number of hydroxylamine groups is 1. The predicted octanol–water partition coefficient (Wildman–Crippen LogP) is 2.27. The molecule has 19 heavy (non-hydrogen) atoms. The Bertz CT molecular complexity index is 590. The maximum Gasteiger partial charge on any atom is 0.248 e. The van der Waals surface area contributed by atoms with Crippen LogP contribution in [0.3, 0.4) is 0 Å². The summed E-state index contributed by atoms with van der Waals surface area (Å²) in [5.41, 5.74) is 7.58. The first-order valence-corrected chi connectivity index (χ1v) is 5.97. The molecule has 0 saturated heterocycles. The highest BCUT2D eigenvalue weighted by molar-refractivity contribution is 5.92. The van der Waals surface area contributed by atoms with E-state index in [4.69, 9.17) is 11.1 Å². The van der Waals surface area contributed by atoms with Gasteiger partial charge in [-0.25, -0.2) is 4.68 Å². The van der Waals surface area contributed by atoms with Gasteiger partial charge in [-0.1, -0.05) is 26.0 Å². The molecule has 0 atom stereocenters. The number of nitrogens with two attached hydrogens (primary N) is 1. The van der Waals surface area contributed by atoms with Crippen LogP contribution < -0.4 is 10.8 Å². The molecule has 0 aliphatic rings. The number of nitrogens with zero attached hydrogens (tertiary/aromatic N) is 3. The minimum absolute atomic E-state index is 0.183. The van der Waals surface area contributed by atoms with E-state index in [1.807, 2.05) is 18.2 Å². The molecule has 2 rings (SSSR count). The van der Waals surface area contributed by atoms with Crippen LogP contribution in [0.4, 0.5) is 11.4 Å². The second-order valence-electron chi connectivity index (χ2n) is 4.60. The van der Waals surface area contributed by atoms with Crippen molar-refractivity contribution in [2.24, 2.45) is 0 Å². The van der Waals surface area contributed by atoms with E-state index < -0.39 is 0 Å². The Labute approximate surface area is 111 Å². The fraction of sp³-hybridized carbons (Fsp3) is 0.231. The second-order valence-corrected chi connectivity index (χ2v) is 4.60. The number of rotatable bonds is 2. The smallest absolute Gasteiger partial charge is 0.248 e. The lowest BCUT2D eigenvalue weighted by molar-refractivity contribution is 0.306. The van der Waals surface area contributed by atoms with Gasteiger partial charge in [-0.15, -0.1) is 0 Å². The average Bonchev–Trinajstić information content (AvgIpc) is 2.84. The van der Waals surface area contributed by atoms with Crippen molar-refractivity contribution in [3.8, 4) is 0 Å². The van der Waals surface area contributed by atoms with Gasteiger partial charge in [0.15, 0.2) is 0 Å². The number of nitrogen functional groups attached to an aromatic ring is 1. The fourth-order valence-corrected chi connectivity index (χ4v) is 1.69. The SMILES string of the molecule is CC(C)c1cccc(N(O)C(=N)n2cc(N)cn2)c1. The van der Waals surface area contributed by atoms with Gasteiger partial charge in [0.1, 0.15) is 0 Å². The highest BCUT2D eigenvalue weighted by atomic mass is 16.5. The lowest BCUT2D eigenvalue weighted by Gasteiger charge is -2.18. The minimum Gasteiger partial charge on any atom is -0.396 e. The third-order valence-electron chi connectivity index (χ3n) is 2.80. The Morgan fingerprint density at radius 1 is 1.47 bits per heavy atom. The van der Waals surface area contributed by atoms with Crippen LogP contribution in [-0.2, 0) is 0 Å². The molecule has 0 bridgehead atoms. The van der Waals surface area contributed by atoms with E-state index in [1.165, 1.54) is 17.1 Å². The number of anilines is 2. The number of nitrogens with one attached hydrogen (secondary N) is 1. The van der Waals surface area contributed by atoms with Gasteiger partial charge in [0.25, 0.3) is 0 Å². The van der Waals surface area contributed by atoms with Crippen molar-refractivity contribution < 1.29 is 5.21 Å². The van der Waals surface area contributed by atoms with Crippen molar-refractivity contribution in [3.05, 3.63) is 42.2 Å². The van der Waals surface area contributed by atoms with Crippen LogP contribution >= 0.6 is 0 Å². The van der Waals surface area contributed by atoms with Crippen LogP contribution in [-0.4, -0.2) is 20.9 Å². The first-order valence-electron chi connectivity index (χ1n) is 5.97. The Balaban J connectivity index is 2.26. The van der Waals surface area contributed by atoms with Gasteiger partial charge in [0, 0.05) is 0 Å². The molecule has 0 saturated carbocycles. The van der Waals surface area contributed by atoms with Crippen LogP contribution in [0.5, 0.6) is 0 Å². The van der Waals surface area contributed by atoms with Crippen molar-refractivity contribution in [1.82, 2.24) is 9.78 Å². The van der Waals surface area contributed by atoms with E-state index in [0.29, 0.717) is 17.3 Å². The summed E-state index contributed by atoms with van der Waals surface area (Å²) in [4.78, 5) is 0. The number of aromatic nitrogens is 2. The predicted molar refractivity (Wildman–Crippen MR) is 74.6 cm³/mol. The second kappa shape index (κ2) is 5.11. The molecule has 0 spiro atoms. The Hall–Kier alpha value is -2.34. The molecule has 6 heteroatoms. The third-order valence-corrected chi connectivity index (χ3v) is 2.80. The first-order chi connectivity index (χ1) is 8.99. The summed E-state index contributed by atoms with van der Waals surface area (Å²) in [7, 11) is 0. The van der Waals surface area contributed by atoms with Gasteiger partial charge in [-0.2, -0.15) is 10.2 Å². The summed E-state index contributed by atoms with van der Waals surface area (Å²) in [6, 6.07) is 7.40. The van der Waals surface area contributed by atoms with Gasteiger partial charge < -0.3 is 5.73 Å². The summed E-state index contributed by atoms with van der Waals surface area (Å²) < 4.78 is 1.21. The lowest BCUT2D eigenvalue weighted by Crippen LogP contribution is -2.32. The van der Waals surface area contributed by atoms with Crippen molar-refractivity contribution in [3.63, 3.8) is 0 Å². The maximum atomic E-state index is 10.1. The van der Waals surface area contributed by atoms with Gasteiger partial charge in [0.2, 0.25) is 5.96 Å². The van der Waals surface area contributed by atoms with Gasteiger partial charge in [-0.3, -0.25) is 10.6 Å². The fourth-order valence-electron chi connectivity index (χ4n) is 1.69. The Morgan fingerprint density at radius 2 is 2.21 bits per heavy atom. The lowest BCUT2D eigenvalue weighted by atomic mass is 10.0. The van der Waals surface area contributed by atoms with Crippen LogP contribution in [0.2, 0.25) is 0 Å². The molecule has 0 aliphatic carbocycles. The summed E-state index contributed by atoms with van der Waals surface area (Å²) in [6.45, 7) is 4.14. The Morgan fingerprint density at radius 3 is 2.79 bits per heavy atom. The van der Waals surface area contributed by atoms with E-state index in [2.05, 4.69) is 18.9 Å². The van der Waals surface area contributed by atoms with Crippen molar-refractivity contribution in [2.75, 3.05) is 10.8 Å². The van der Waals surface area contributed by atoms with Crippen molar-refractivity contribution in [1.29, 1.82) is 5.41 Å². The largest absolute Gasteiger partial charge is 0.396 e. The zero-order valence-electron chi connectivity index (χ0n) is 10.9. The molecule has 0 amide bonds. The molecular weight excluding hydrogens is 242 g/mol. The summed E-state index contributed by atoms with van der Waals surface area (Å²) in [5.74, 6) is 0.167. The van der Waals surface area contributed by atoms with Crippen LogP contribution in [0.25, 0.3) is 0 Å². The molecule has 0 fully saturated rings. The van der Waals surface area contributed by atoms with E-state index >= 15 is 0 Å². The summed E-state index contributed by atoms with van der Waals surface area (Å²) >= 11 is 0. The van der Waals surface area contributed by atoms with Gasteiger partial charge in [0.05, 0.1) is 23.8 Å². The monoisotopic (exact) mass is 259 g/mol. The highest BCUT2D eigenvalue weighted by Crippen LogP contribution is 2.21. The summed E-state index contributed by atoms with van der Waals surface area (Å²) in [5, 5.41) is 22.6. The van der Waals surface area contributed by atoms with E-state index in [1.54, 1.807) is 6.07 Å². The highest BCUT2D eigenvalue weighted by Gasteiger charge is 2.13. The molecule has 4 N–H and O–H groups in total. The molecule has 0 radical (unpaired) electrons. The van der Waals surface area contributed by atoms with Crippen LogP contribution in [0, 0.1) is 5.41 Å². The molecule has 0 unspecified atom stereocenters. The minimum atomic E-state index is -0.183. The molecule has 2 aromatic rings. The molecular formula is C13H17N5O. The molecule has 1 heterocycles. The van der Waals surface area contributed by atoms with Crippen molar-refractivity contribution >= 4 is 17.3 Å². The molecule has 100 valence electrons. The van der Waals surface area contributed by atoms with Crippen LogP contribution in [0.1, 0.15) is 25.3 Å². The van der Waals surface area contributed by atoms with E-state index in [-0.39, 0.29) is 5.96 Å². The quantitative estimate of drug-likeness (QED) is 0.438. The van der Waals surface area contributed by atoms with E-state index in [0.717, 1.165) is 10.6 Å². The zero-order valence-corrected chi connectivity index (χ0v) is 10.9. The third kappa shape index (κ3) is 2.74. The summed E-state index contributed by atoms with van der Waals surface area (Å²) in [6.07, 6.45) is 2.89. The average molecular weight is 259 g/mol. The standard InChI is InChI=1S/C13H17N5O/c1-9(2)10-4-3-5-12(6-10)18(19)13(15)17-8-11(14)7-16-17/h3-9,15,19H,14H2,1-2H3. The maximum absolute atomic E-state index is 10.1. The van der Waals surface area contributed by atoms with Gasteiger partial charge in [-0.05, 0) is 23.6 Å². The first kappa shape index (κ1) is 13.1. The molecule has 1 aromatic carbocycles. The molecule has 1 aromatic heterocycles. The van der Waals surface area contributed by atoms with E-state index in [9.17, 15) is 5.21 Å². The normalized spacial score (nSPS) is 10.7.